The van der Waals surface area contributed by atoms with E-state index in [-0.39, 0.29) is 5.82 Å². The summed E-state index contributed by atoms with van der Waals surface area (Å²) in [5.41, 5.74) is 2.74. The number of nitriles is 1. The van der Waals surface area contributed by atoms with Crippen molar-refractivity contribution in [2.75, 3.05) is 31.5 Å². The Morgan fingerprint density at radius 2 is 1.76 bits per heavy atom. The molecule has 128 valence electrons. The van der Waals surface area contributed by atoms with Crippen LogP contribution in [0, 0.1) is 17.1 Å². The van der Waals surface area contributed by atoms with Gasteiger partial charge in [-0.3, -0.25) is 0 Å². The number of halogens is 1. The van der Waals surface area contributed by atoms with Gasteiger partial charge in [0.2, 0.25) is 0 Å². The molecule has 2 N–H and O–H groups in total. The molecular formula is C19H20FN4S+. The minimum Gasteiger partial charge on any atom is -0.338 e. The molecule has 1 fully saturated rings. The van der Waals surface area contributed by atoms with Crippen molar-refractivity contribution in [3.05, 3.63) is 65.5 Å². The van der Waals surface area contributed by atoms with Crippen molar-refractivity contribution in [1.29, 1.82) is 5.26 Å². The molecule has 0 radical (unpaired) electrons. The van der Waals surface area contributed by atoms with Gasteiger partial charge in [0.05, 0.1) is 37.8 Å². The molecule has 2 aromatic rings. The summed E-state index contributed by atoms with van der Waals surface area (Å²) < 4.78 is 13.0. The fourth-order valence-electron chi connectivity index (χ4n) is 2.92. The zero-order valence-corrected chi connectivity index (χ0v) is 14.7. The van der Waals surface area contributed by atoms with Crippen molar-refractivity contribution < 1.29 is 9.29 Å². The van der Waals surface area contributed by atoms with Gasteiger partial charge in [-0.25, -0.2) is 4.39 Å². The Bertz CT molecular complexity index is 760. The quantitative estimate of drug-likeness (QED) is 0.824. The molecule has 0 unspecified atom stereocenters. The van der Waals surface area contributed by atoms with E-state index in [1.807, 2.05) is 24.3 Å². The van der Waals surface area contributed by atoms with Crippen LogP contribution in [0.1, 0.15) is 11.1 Å². The Labute approximate surface area is 152 Å². The maximum atomic E-state index is 13.0. The number of rotatable bonds is 3. The first-order chi connectivity index (χ1) is 12.1. The van der Waals surface area contributed by atoms with Gasteiger partial charge in [0.1, 0.15) is 12.4 Å². The normalized spacial score (nSPS) is 14.8. The second kappa shape index (κ2) is 8.06. The van der Waals surface area contributed by atoms with Crippen molar-refractivity contribution in [1.82, 2.24) is 4.90 Å². The third-order valence-electron chi connectivity index (χ3n) is 4.39. The highest BCUT2D eigenvalue weighted by Crippen LogP contribution is 2.09. The number of quaternary nitrogens is 1. The number of hydrogen-bond donors (Lipinski definition) is 2. The van der Waals surface area contributed by atoms with Gasteiger partial charge >= 0.3 is 0 Å². The Kier molecular flexibility index (Phi) is 5.59. The standard InChI is InChI=1S/C19H19FN4S/c20-17-5-7-18(8-6-17)22-19(25)24-11-9-23(10-12-24)14-16-3-1-15(13-21)2-4-16/h1-8H,9-12,14H2,(H,22,25)/p+1. The van der Waals surface area contributed by atoms with E-state index in [9.17, 15) is 4.39 Å². The van der Waals surface area contributed by atoms with Crippen molar-refractivity contribution >= 4 is 23.0 Å². The van der Waals surface area contributed by atoms with E-state index >= 15 is 0 Å². The van der Waals surface area contributed by atoms with Crippen molar-refractivity contribution in [3.63, 3.8) is 0 Å². The summed E-state index contributed by atoms with van der Waals surface area (Å²) in [7, 11) is 0. The van der Waals surface area contributed by atoms with Gasteiger partial charge in [-0.15, -0.1) is 0 Å². The Hall–Kier alpha value is -2.49. The second-order valence-corrected chi connectivity index (χ2v) is 6.55. The molecule has 6 heteroatoms. The van der Waals surface area contributed by atoms with E-state index in [2.05, 4.69) is 16.3 Å². The van der Waals surface area contributed by atoms with Crippen LogP contribution in [0.3, 0.4) is 0 Å². The average Bonchev–Trinajstić information content (AvgIpc) is 2.65. The summed E-state index contributed by atoms with van der Waals surface area (Å²) in [5.74, 6) is -0.253. The van der Waals surface area contributed by atoms with Crippen molar-refractivity contribution in [2.24, 2.45) is 0 Å². The number of nitrogens with zero attached hydrogens (tertiary/aromatic N) is 2. The number of hydrogen-bond acceptors (Lipinski definition) is 2. The lowest BCUT2D eigenvalue weighted by molar-refractivity contribution is -0.917. The van der Waals surface area contributed by atoms with Crippen LogP contribution in [-0.2, 0) is 6.54 Å². The third kappa shape index (κ3) is 4.75. The lowest BCUT2D eigenvalue weighted by Crippen LogP contribution is -3.13. The molecule has 0 atom stereocenters. The average molecular weight is 355 g/mol. The monoisotopic (exact) mass is 355 g/mol. The highest BCUT2D eigenvalue weighted by Gasteiger charge is 2.21. The molecule has 1 aliphatic heterocycles. The van der Waals surface area contributed by atoms with E-state index in [1.165, 1.54) is 22.6 Å². The number of benzene rings is 2. The first-order valence-electron chi connectivity index (χ1n) is 8.28. The summed E-state index contributed by atoms with van der Waals surface area (Å²) in [6.07, 6.45) is 0. The molecule has 0 aliphatic carbocycles. The third-order valence-corrected chi connectivity index (χ3v) is 4.75. The van der Waals surface area contributed by atoms with Crippen LogP contribution < -0.4 is 10.2 Å². The predicted molar refractivity (Wildman–Crippen MR) is 99.8 cm³/mol. The van der Waals surface area contributed by atoms with E-state index in [0.29, 0.717) is 10.7 Å². The van der Waals surface area contributed by atoms with Gasteiger partial charge in [0.15, 0.2) is 5.11 Å². The van der Waals surface area contributed by atoms with Gasteiger partial charge in [-0.05, 0) is 48.6 Å². The molecule has 2 aromatic carbocycles. The van der Waals surface area contributed by atoms with Crippen LogP contribution in [0.25, 0.3) is 0 Å². The predicted octanol–water partition coefficient (Wildman–Crippen LogP) is 1.79. The zero-order valence-electron chi connectivity index (χ0n) is 13.8. The van der Waals surface area contributed by atoms with Gasteiger partial charge in [-0.2, -0.15) is 5.26 Å². The van der Waals surface area contributed by atoms with Crippen LogP contribution in [0.5, 0.6) is 0 Å². The SMILES string of the molecule is N#Cc1ccc(C[NH+]2CCN(C(=S)Nc3ccc(F)cc3)CC2)cc1. The summed E-state index contributed by atoms with van der Waals surface area (Å²) in [5, 5.41) is 12.7. The Morgan fingerprint density at radius 3 is 2.36 bits per heavy atom. The molecule has 1 aliphatic rings. The van der Waals surface area contributed by atoms with Gasteiger partial charge < -0.3 is 15.1 Å². The van der Waals surface area contributed by atoms with Crippen LogP contribution in [0.15, 0.2) is 48.5 Å². The van der Waals surface area contributed by atoms with E-state index in [0.717, 1.165) is 38.4 Å². The number of thiocarbonyl (C=S) groups is 1. The van der Waals surface area contributed by atoms with Gasteiger partial charge in [-0.1, -0.05) is 12.1 Å². The molecule has 1 saturated heterocycles. The smallest absolute Gasteiger partial charge is 0.173 e. The lowest BCUT2D eigenvalue weighted by atomic mass is 10.1. The number of piperazine rings is 1. The summed E-state index contributed by atoms with van der Waals surface area (Å²) in [6, 6.07) is 16.2. The van der Waals surface area contributed by atoms with E-state index < -0.39 is 0 Å². The molecule has 25 heavy (non-hydrogen) atoms. The zero-order chi connectivity index (χ0) is 17.6. The number of anilines is 1. The minimum absolute atomic E-state index is 0.253. The molecule has 0 spiro atoms. The van der Waals surface area contributed by atoms with Crippen LogP contribution in [0.4, 0.5) is 10.1 Å². The van der Waals surface area contributed by atoms with E-state index in [4.69, 9.17) is 17.5 Å². The molecule has 1 heterocycles. The molecule has 4 nitrogen and oxygen atoms in total. The molecule has 0 aromatic heterocycles. The molecular weight excluding hydrogens is 335 g/mol. The molecule has 0 bridgehead atoms. The van der Waals surface area contributed by atoms with Crippen LogP contribution in [0.2, 0.25) is 0 Å². The summed E-state index contributed by atoms with van der Waals surface area (Å²) in [6.45, 7) is 4.74. The Morgan fingerprint density at radius 1 is 1.12 bits per heavy atom. The lowest BCUT2D eigenvalue weighted by Gasteiger charge is -2.34. The first-order valence-corrected chi connectivity index (χ1v) is 8.69. The van der Waals surface area contributed by atoms with Gasteiger partial charge in [0.25, 0.3) is 0 Å². The fourth-order valence-corrected chi connectivity index (χ4v) is 3.22. The molecule has 3 rings (SSSR count). The maximum Gasteiger partial charge on any atom is 0.173 e. The molecule has 0 saturated carbocycles. The highest BCUT2D eigenvalue weighted by atomic mass is 32.1. The minimum atomic E-state index is -0.253. The van der Waals surface area contributed by atoms with Crippen LogP contribution in [-0.4, -0.2) is 36.2 Å². The second-order valence-electron chi connectivity index (χ2n) is 6.16. The fraction of sp³-hybridized carbons (Fsp3) is 0.263. The first kappa shape index (κ1) is 17.3. The largest absolute Gasteiger partial charge is 0.338 e. The summed E-state index contributed by atoms with van der Waals surface area (Å²) in [4.78, 5) is 3.66. The van der Waals surface area contributed by atoms with E-state index in [1.54, 1.807) is 12.1 Å². The van der Waals surface area contributed by atoms with Crippen LogP contribution >= 0.6 is 12.2 Å². The van der Waals surface area contributed by atoms with Crippen molar-refractivity contribution in [3.8, 4) is 6.07 Å². The van der Waals surface area contributed by atoms with Gasteiger partial charge in [0, 0.05) is 11.3 Å². The maximum absolute atomic E-state index is 13.0. The molecule has 0 amide bonds. The number of nitrogens with one attached hydrogen (secondary N) is 2. The Balaban J connectivity index is 1.48. The highest BCUT2D eigenvalue weighted by molar-refractivity contribution is 7.80. The van der Waals surface area contributed by atoms with Crippen molar-refractivity contribution in [2.45, 2.75) is 6.54 Å². The summed E-state index contributed by atoms with van der Waals surface area (Å²) >= 11 is 5.47. The topological polar surface area (TPSA) is 43.5 Å².